The molecule has 2 rings (SSSR count). The molecule has 0 aromatic rings. The molecule has 12 heavy (non-hydrogen) atoms. The van der Waals surface area contributed by atoms with Crippen LogP contribution in [0, 0.1) is 5.92 Å². The van der Waals surface area contributed by atoms with Crippen molar-refractivity contribution in [2.24, 2.45) is 5.92 Å². The van der Waals surface area contributed by atoms with Gasteiger partial charge in [0.25, 0.3) is 0 Å². The standard InChI is InChI=1S/C10H20N2/c1-10(2)8-11(3)6-9-4-5-12(10)7-9/h9H,4-8H2,1-3H3. The summed E-state index contributed by atoms with van der Waals surface area (Å²) in [6.45, 7) is 9.93. The Balaban J connectivity index is 2.16. The van der Waals surface area contributed by atoms with Gasteiger partial charge < -0.3 is 4.90 Å². The molecule has 2 saturated heterocycles. The fraction of sp³-hybridized carbons (Fsp3) is 1.00. The summed E-state index contributed by atoms with van der Waals surface area (Å²) in [4.78, 5) is 5.14. The van der Waals surface area contributed by atoms with E-state index in [2.05, 4.69) is 30.7 Å². The summed E-state index contributed by atoms with van der Waals surface area (Å²) in [5.41, 5.74) is 0.403. The first-order valence-electron chi connectivity index (χ1n) is 5.01. The molecule has 0 aromatic heterocycles. The predicted octanol–water partition coefficient (Wildman–Crippen LogP) is 1.03. The van der Waals surface area contributed by atoms with Crippen LogP contribution >= 0.6 is 0 Å². The highest BCUT2D eigenvalue weighted by atomic mass is 15.3. The number of hydrogen-bond donors (Lipinski definition) is 0. The highest BCUT2D eigenvalue weighted by Gasteiger charge is 2.37. The van der Waals surface area contributed by atoms with Crippen molar-refractivity contribution in [3.05, 3.63) is 0 Å². The van der Waals surface area contributed by atoms with Crippen LogP contribution in [0.3, 0.4) is 0 Å². The topological polar surface area (TPSA) is 6.48 Å². The second-order valence-electron chi connectivity index (χ2n) is 5.11. The summed E-state index contributed by atoms with van der Waals surface area (Å²) in [5, 5.41) is 0. The van der Waals surface area contributed by atoms with Crippen LogP contribution in [0.15, 0.2) is 0 Å². The van der Waals surface area contributed by atoms with Crippen LogP contribution in [0.5, 0.6) is 0 Å². The number of fused-ring (bicyclic) bond motifs is 2. The first-order valence-corrected chi connectivity index (χ1v) is 5.01. The molecule has 0 aliphatic carbocycles. The van der Waals surface area contributed by atoms with Crippen molar-refractivity contribution in [3.8, 4) is 0 Å². The second-order valence-corrected chi connectivity index (χ2v) is 5.11. The van der Waals surface area contributed by atoms with Crippen molar-refractivity contribution in [3.63, 3.8) is 0 Å². The van der Waals surface area contributed by atoms with Gasteiger partial charge in [-0.25, -0.2) is 0 Å². The zero-order chi connectivity index (χ0) is 8.77. The van der Waals surface area contributed by atoms with Gasteiger partial charge in [0.05, 0.1) is 0 Å². The Morgan fingerprint density at radius 1 is 1.25 bits per heavy atom. The maximum absolute atomic E-state index is 2.65. The van der Waals surface area contributed by atoms with Crippen molar-refractivity contribution in [1.29, 1.82) is 0 Å². The van der Waals surface area contributed by atoms with Gasteiger partial charge in [-0.15, -0.1) is 0 Å². The Kier molecular flexibility index (Phi) is 1.92. The Bertz CT molecular complexity index is 177. The van der Waals surface area contributed by atoms with E-state index in [4.69, 9.17) is 0 Å². The van der Waals surface area contributed by atoms with Crippen LogP contribution in [0.2, 0.25) is 0 Å². The molecule has 2 bridgehead atoms. The van der Waals surface area contributed by atoms with Gasteiger partial charge >= 0.3 is 0 Å². The van der Waals surface area contributed by atoms with E-state index in [0.29, 0.717) is 5.54 Å². The summed E-state index contributed by atoms with van der Waals surface area (Å²) in [6.07, 6.45) is 1.41. The van der Waals surface area contributed by atoms with E-state index in [1.54, 1.807) is 0 Å². The smallest absolute Gasteiger partial charge is 0.0280 e. The molecule has 70 valence electrons. The van der Waals surface area contributed by atoms with Crippen LogP contribution < -0.4 is 0 Å². The Hall–Kier alpha value is -0.0800. The van der Waals surface area contributed by atoms with Gasteiger partial charge in [0, 0.05) is 25.2 Å². The molecule has 2 nitrogen and oxygen atoms in total. The van der Waals surface area contributed by atoms with E-state index in [1.807, 2.05) is 0 Å². The van der Waals surface area contributed by atoms with Crippen molar-refractivity contribution in [2.75, 3.05) is 33.2 Å². The third kappa shape index (κ3) is 1.38. The van der Waals surface area contributed by atoms with Crippen LogP contribution in [0.25, 0.3) is 0 Å². The maximum atomic E-state index is 2.65. The molecule has 2 atom stereocenters. The average Bonchev–Trinajstić information content (AvgIpc) is 2.29. The second kappa shape index (κ2) is 2.71. The SMILES string of the molecule is CN1CC2CCN(C2)C(C)(C)C1. The fourth-order valence-electron chi connectivity index (χ4n) is 2.80. The molecule has 2 unspecified atom stereocenters. The molecule has 2 fully saturated rings. The summed E-state index contributed by atoms with van der Waals surface area (Å²) in [5.74, 6) is 0.941. The lowest BCUT2D eigenvalue weighted by Gasteiger charge is -2.36. The highest BCUT2D eigenvalue weighted by Crippen LogP contribution is 2.29. The Morgan fingerprint density at radius 3 is 2.75 bits per heavy atom. The van der Waals surface area contributed by atoms with Crippen LogP contribution in [0.4, 0.5) is 0 Å². The van der Waals surface area contributed by atoms with Gasteiger partial charge in [0.2, 0.25) is 0 Å². The van der Waals surface area contributed by atoms with Gasteiger partial charge in [-0.05, 0) is 39.8 Å². The van der Waals surface area contributed by atoms with Crippen molar-refractivity contribution >= 4 is 0 Å². The maximum Gasteiger partial charge on any atom is 0.0280 e. The molecule has 0 radical (unpaired) electrons. The Labute approximate surface area is 75.5 Å². The molecule has 0 spiro atoms. The first-order chi connectivity index (χ1) is 5.58. The lowest BCUT2D eigenvalue weighted by molar-refractivity contribution is 0.125. The number of nitrogens with zero attached hydrogens (tertiary/aromatic N) is 2. The molecule has 2 heterocycles. The Morgan fingerprint density at radius 2 is 2.00 bits per heavy atom. The molecule has 0 saturated carbocycles. The van der Waals surface area contributed by atoms with Gasteiger partial charge in [0.15, 0.2) is 0 Å². The first kappa shape index (κ1) is 8.52. The van der Waals surface area contributed by atoms with Gasteiger partial charge in [0.1, 0.15) is 0 Å². The molecule has 2 heteroatoms. The average molecular weight is 168 g/mol. The van der Waals surface area contributed by atoms with E-state index >= 15 is 0 Å². The van der Waals surface area contributed by atoms with E-state index in [-0.39, 0.29) is 0 Å². The number of likely N-dealkylation sites (N-methyl/N-ethyl adjacent to an activating group) is 1. The van der Waals surface area contributed by atoms with Gasteiger partial charge in [-0.3, -0.25) is 4.90 Å². The molecular weight excluding hydrogens is 148 g/mol. The van der Waals surface area contributed by atoms with Gasteiger partial charge in [-0.2, -0.15) is 0 Å². The van der Waals surface area contributed by atoms with E-state index < -0.39 is 0 Å². The molecule has 0 N–H and O–H groups in total. The third-order valence-electron chi connectivity index (χ3n) is 3.37. The molecular formula is C10H20N2. The van der Waals surface area contributed by atoms with E-state index in [0.717, 1.165) is 5.92 Å². The lowest BCUT2D eigenvalue weighted by Crippen LogP contribution is -2.48. The van der Waals surface area contributed by atoms with Gasteiger partial charge in [-0.1, -0.05) is 0 Å². The van der Waals surface area contributed by atoms with Crippen LogP contribution in [-0.4, -0.2) is 48.6 Å². The normalized spacial score (nSPS) is 41.2. The minimum absolute atomic E-state index is 0.403. The minimum atomic E-state index is 0.403. The third-order valence-corrected chi connectivity index (χ3v) is 3.37. The number of hydrogen-bond acceptors (Lipinski definition) is 2. The fourth-order valence-corrected chi connectivity index (χ4v) is 2.80. The summed E-state index contributed by atoms with van der Waals surface area (Å²) in [6, 6.07) is 0. The monoisotopic (exact) mass is 168 g/mol. The lowest BCUT2D eigenvalue weighted by atomic mass is 10.0. The van der Waals surface area contributed by atoms with Crippen molar-refractivity contribution in [1.82, 2.24) is 9.80 Å². The summed E-state index contributed by atoms with van der Waals surface area (Å²) >= 11 is 0. The molecule has 2 aliphatic heterocycles. The minimum Gasteiger partial charge on any atom is -0.304 e. The van der Waals surface area contributed by atoms with Crippen LogP contribution in [0.1, 0.15) is 20.3 Å². The molecule has 0 aromatic carbocycles. The molecule has 2 aliphatic rings. The van der Waals surface area contributed by atoms with E-state index in [1.165, 1.54) is 32.6 Å². The predicted molar refractivity (Wildman–Crippen MR) is 51.3 cm³/mol. The van der Waals surface area contributed by atoms with E-state index in [9.17, 15) is 0 Å². The zero-order valence-corrected chi connectivity index (χ0v) is 8.51. The molecule has 0 amide bonds. The highest BCUT2D eigenvalue weighted by molar-refractivity contribution is 4.93. The quantitative estimate of drug-likeness (QED) is 0.533. The zero-order valence-electron chi connectivity index (χ0n) is 8.51. The summed E-state index contributed by atoms with van der Waals surface area (Å²) < 4.78 is 0. The largest absolute Gasteiger partial charge is 0.304 e. The van der Waals surface area contributed by atoms with Crippen molar-refractivity contribution in [2.45, 2.75) is 25.8 Å². The van der Waals surface area contributed by atoms with Crippen molar-refractivity contribution < 1.29 is 0 Å². The number of rotatable bonds is 0. The van der Waals surface area contributed by atoms with Crippen LogP contribution in [-0.2, 0) is 0 Å². The summed E-state index contributed by atoms with van der Waals surface area (Å²) in [7, 11) is 2.25.